The largest absolute Gasteiger partial charge is 0.450 e. The van der Waals surface area contributed by atoms with Crippen molar-refractivity contribution < 1.29 is 9.53 Å². The maximum atomic E-state index is 11.6. The molecule has 2 rings (SSSR count). The molecule has 0 aromatic rings. The number of hydrogen-bond acceptors (Lipinski definition) is 3. The topological polar surface area (TPSA) is 41.6 Å². The summed E-state index contributed by atoms with van der Waals surface area (Å²) < 4.78 is 5.02. The number of carbonyl (C=O) groups is 1. The van der Waals surface area contributed by atoms with Crippen molar-refractivity contribution in [2.24, 2.45) is 0 Å². The van der Waals surface area contributed by atoms with Gasteiger partial charge in [-0.2, -0.15) is 0 Å². The number of likely N-dealkylation sites (tertiary alicyclic amines) is 1. The van der Waals surface area contributed by atoms with Gasteiger partial charge in [-0.15, -0.1) is 0 Å². The van der Waals surface area contributed by atoms with E-state index in [1.165, 1.54) is 19.3 Å². The summed E-state index contributed by atoms with van der Waals surface area (Å²) in [4.78, 5) is 13.4. The van der Waals surface area contributed by atoms with Gasteiger partial charge >= 0.3 is 6.09 Å². The van der Waals surface area contributed by atoms with Crippen LogP contribution in [0.2, 0.25) is 0 Å². The highest BCUT2D eigenvalue weighted by molar-refractivity contribution is 5.67. The lowest BCUT2D eigenvalue weighted by Gasteiger charge is -2.34. The molecule has 1 heterocycles. The van der Waals surface area contributed by atoms with Crippen molar-refractivity contribution in [3.63, 3.8) is 0 Å². The quantitative estimate of drug-likeness (QED) is 0.784. The lowest BCUT2D eigenvalue weighted by Crippen LogP contribution is -2.47. The molecule has 1 N–H and O–H groups in total. The highest BCUT2D eigenvalue weighted by Crippen LogP contribution is 2.16. The number of allylic oxidation sites excluding steroid dienone is 1. The standard InChI is InChI=1S/C14H24N2O2/c1-2-18-14(17)16-10-8-13(9-11-16)15-12-6-4-3-5-7-12/h4,6,12-13,15H,2-3,5,7-11H2,1H3. The van der Waals surface area contributed by atoms with Crippen LogP contribution in [0.1, 0.15) is 39.0 Å². The first kappa shape index (κ1) is 13.4. The van der Waals surface area contributed by atoms with Gasteiger partial charge in [-0.3, -0.25) is 0 Å². The molecule has 0 saturated carbocycles. The molecule has 18 heavy (non-hydrogen) atoms. The molecule has 1 aliphatic heterocycles. The minimum atomic E-state index is -0.159. The van der Waals surface area contributed by atoms with Gasteiger partial charge in [0.1, 0.15) is 0 Å². The summed E-state index contributed by atoms with van der Waals surface area (Å²) >= 11 is 0. The van der Waals surface area contributed by atoms with Gasteiger partial charge in [0, 0.05) is 25.2 Å². The van der Waals surface area contributed by atoms with Crippen molar-refractivity contribution in [2.45, 2.75) is 51.1 Å². The summed E-state index contributed by atoms with van der Waals surface area (Å²) in [6.07, 6.45) is 10.2. The minimum absolute atomic E-state index is 0.159. The lowest BCUT2D eigenvalue weighted by atomic mass is 9.99. The number of ether oxygens (including phenoxy) is 1. The maximum absolute atomic E-state index is 11.6. The van der Waals surface area contributed by atoms with E-state index in [1.54, 1.807) is 0 Å². The second kappa shape index (κ2) is 6.78. The van der Waals surface area contributed by atoms with Gasteiger partial charge < -0.3 is 15.0 Å². The Balaban J connectivity index is 1.71. The SMILES string of the molecule is CCOC(=O)N1CCC(NC2C=CCCC2)CC1. The van der Waals surface area contributed by atoms with E-state index < -0.39 is 0 Å². The van der Waals surface area contributed by atoms with Crippen LogP contribution in [0.3, 0.4) is 0 Å². The zero-order valence-corrected chi connectivity index (χ0v) is 11.2. The molecule has 1 fully saturated rings. The number of carbonyl (C=O) groups excluding carboxylic acids is 1. The van der Waals surface area contributed by atoms with Crippen LogP contribution >= 0.6 is 0 Å². The molecule has 1 saturated heterocycles. The van der Waals surface area contributed by atoms with Gasteiger partial charge in [0.05, 0.1) is 6.61 Å². The fourth-order valence-electron chi connectivity index (χ4n) is 2.70. The smallest absolute Gasteiger partial charge is 0.409 e. The van der Waals surface area contributed by atoms with E-state index in [-0.39, 0.29) is 6.09 Å². The van der Waals surface area contributed by atoms with E-state index in [2.05, 4.69) is 17.5 Å². The fourth-order valence-corrected chi connectivity index (χ4v) is 2.70. The first-order chi connectivity index (χ1) is 8.79. The molecular weight excluding hydrogens is 228 g/mol. The summed E-state index contributed by atoms with van der Waals surface area (Å²) in [5.74, 6) is 0. The second-order valence-corrected chi connectivity index (χ2v) is 5.09. The maximum Gasteiger partial charge on any atom is 0.409 e. The average molecular weight is 252 g/mol. The predicted octanol–water partition coefficient (Wildman–Crippen LogP) is 2.31. The number of nitrogens with zero attached hydrogens (tertiary/aromatic N) is 1. The molecule has 0 bridgehead atoms. The van der Waals surface area contributed by atoms with Crippen molar-refractivity contribution in [3.8, 4) is 0 Å². The van der Waals surface area contributed by atoms with Crippen molar-refractivity contribution in [1.29, 1.82) is 0 Å². The van der Waals surface area contributed by atoms with Crippen LogP contribution in [-0.2, 0) is 4.74 Å². The molecule has 0 aromatic heterocycles. The summed E-state index contributed by atoms with van der Waals surface area (Å²) in [6.45, 7) is 3.94. The van der Waals surface area contributed by atoms with E-state index in [1.807, 2.05) is 11.8 Å². The van der Waals surface area contributed by atoms with Crippen LogP contribution < -0.4 is 5.32 Å². The van der Waals surface area contributed by atoms with Crippen molar-refractivity contribution in [2.75, 3.05) is 19.7 Å². The first-order valence-corrected chi connectivity index (χ1v) is 7.14. The van der Waals surface area contributed by atoms with Crippen LogP contribution in [0.5, 0.6) is 0 Å². The number of nitrogens with one attached hydrogen (secondary N) is 1. The van der Waals surface area contributed by atoms with E-state index in [4.69, 9.17) is 4.74 Å². The number of hydrogen-bond donors (Lipinski definition) is 1. The summed E-state index contributed by atoms with van der Waals surface area (Å²) in [6, 6.07) is 1.08. The Labute approximate surface area is 109 Å². The zero-order valence-electron chi connectivity index (χ0n) is 11.2. The summed E-state index contributed by atoms with van der Waals surface area (Å²) in [5.41, 5.74) is 0. The third kappa shape index (κ3) is 3.73. The average Bonchev–Trinajstić information content (AvgIpc) is 2.41. The molecule has 0 spiro atoms. The monoisotopic (exact) mass is 252 g/mol. The Hall–Kier alpha value is -1.03. The van der Waals surface area contributed by atoms with Gasteiger partial charge in [-0.25, -0.2) is 4.79 Å². The van der Waals surface area contributed by atoms with E-state index in [9.17, 15) is 4.79 Å². The molecular formula is C14H24N2O2. The normalized spacial score (nSPS) is 25.2. The lowest BCUT2D eigenvalue weighted by molar-refractivity contribution is 0.0945. The van der Waals surface area contributed by atoms with Gasteiger partial charge in [-0.1, -0.05) is 12.2 Å². The van der Waals surface area contributed by atoms with E-state index in [0.29, 0.717) is 18.7 Å². The summed E-state index contributed by atoms with van der Waals surface area (Å²) in [5, 5.41) is 3.68. The van der Waals surface area contributed by atoms with Crippen molar-refractivity contribution >= 4 is 6.09 Å². The Morgan fingerprint density at radius 2 is 2.17 bits per heavy atom. The summed E-state index contributed by atoms with van der Waals surface area (Å²) in [7, 11) is 0. The third-order valence-corrected chi connectivity index (χ3v) is 3.73. The van der Waals surface area contributed by atoms with Gasteiger partial charge in [0.2, 0.25) is 0 Å². The van der Waals surface area contributed by atoms with Crippen LogP contribution in [0.25, 0.3) is 0 Å². The van der Waals surface area contributed by atoms with Crippen molar-refractivity contribution in [1.82, 2.24) is 10.2 Å². The Bertz CT molecular complexity index is 296. The van der Waals surface area contributed by atoms with Crippen LogP contribution in [-0.4, -0.2) is 42.8 Å². The van der Waals surface area contributed by atoms with Crippen LogP contribution in [0, 0.1) is 0 Å². The molecule has 1 amide bonds. The number of piperidine rings is 1. The molecule has 0 aromatic carbocycles. The van der Waals surface area contributed by atoms with Crippen LogP contribution in [0.15, 0.2) is 12.2 Å². The molecule has 4 nitrogen and oxygen atoms in total. The fraction of sp³-hybridized carbons (Fsp3) is 0.786. The second-order valence-electron chi connectivity index (χ2n) is 5.09. The number of amides is 1. The highest BCUT2D eigenvalue weighted by Gasteiger charge is 2.24. The van der Waals surface area contributed by atoms with Gasteiger partial charge in [-0.05, 0) is 39.0 Å². The molecule has 4 heteroatoms. The zero-order chi connectivity index (χ0) is 12.8. The Morgan fingerprint density at radius 1 is 1.39 bits per heavy atom. The number of rotatable bonds is 3. The highest BCUT2D eigenvalue weighted by atomic mass is 16.6. The predicted molar refractivity (Wildman–Crippen MR) is 71.5 cm³/mol. The third-order valence-electron chi connectivity index (χ3n) is 3.73. The Kier molecular flexibility index (Phi) is 5.05. The first-order valence-electron chi connectivity index (χ1n) is 7.14. The van der Waals surface area contributed by atoms with Gasteiger partial charge in [0.25, 0.3) is 0 Å². The van der Waals surface area contributed by atoms with Crippen LogP contribution in [0.4, 0.5) is 4.79 Å². The molecule has 2 aliphatic rings. The molecule has 1 aliphatic carbocycles. The van der Waals surface area contributed by atoms with E-state index in [0.717, 1.165) is 25.9 Å². The molecule has 102 valence electrons. The molecule has 1 atom stereocenters. The van der Waals surface area contributed by atoms with Crippen molar-refractivity contribution in [3.05, 3.63) is 12.2 Å². The molecule has 0 radical (unpaired) electrons. The Morgan fingerprint density at radius 3 is 2.78 bits per heavy atom. The van der Waals surface area contributed by atoms with E-state index >= 15 is 0 Å². The van der Waals surface area contributed by atoms with Gasteiger partial charge in [0.15, 0.2) is 0 Å². The molecule has 1 unspecified atom stereocenters. The minimum Gasteiger partial charge on any atom is -0.450 e.